The fraction of sp³-hybridized carbons (Fsp3) is 0.579. The first kappa shape index (κ1) is 14.9. The van der Waals surface area contributed by atoms with Crippen LogP contribution >= 0.6 is 0 Å². The van der Waals surface area contributed by atoms with E-state index in [0.29, 0.717) is 19.1 Å². The molecule has 1 aromatic rings. The molecule has 1 aliphatic heterocycles. The number of rotatable bonds is 4. The number of hydrogen-bond donors (Lipinski definition) is 0. The first-order valence-electron chi connectivity index (χ1n) is 8.61. The van der Waals surface area contributed by atoms with Gasteiger partial charge in [0.05, 0.1) is 12.3 Å². The third-order valence-corrected chi connectivity index (χ3v) is 5.35. The monoisotopic (exact) mass is 313 g/mol. The minimum atomic E-state index is 0.0290. The normalized spacial score (nSPS) is 27.7. The van der Waals surface area contributed by atoms with E-state index >= 15 is 0 Å². The minimum Gasteiger partial charge on any atom is -0.381 e. The molecule has 2 heterocycles. The van der Waals surface area contributed by atoms with Gasteiger partial charge in [0.2, 0.25) is 0 Å². The van der Waals surface area contributed by atoms with Crippen molar-refractivity contribution in [2.75, 3.05) is 13.2 Å². The van der Waals surface area contributed by atoms with Crippen LogP contribution in [-0.4, -0.2) is 24.2 Å². The van der Waals surface area contributed by atoms with Crippen molar-refractivity contribution in [3.63, 3.8) is 0 Å². The molecule has 0 N–H and O–H groups in total. The van der Waals surface area contributed by atoms with Crippen molar-refractivity contribution >= 4 is 11.4 Å². The van der Waals surface area contributed by atoms with Crippen molar-refractivity contribution in [1.29, 1.82) is 0 Å². The average molecular weight is 313 g/mol. The molecule has 3 aliphatic rings. The minimum absolute atomic E-state index is 0.0290. The number of ether oxygens (including phenoxy) is 1. The van der Waals surface area contributed by atoms with Gasteiger partial charge in [-0.1, -0.05) is 11.2 Å². The number of carbonyl (C=O) groups is 1. The molecule has 1 saturated heterocycles. The molecule has 2 aliphatic carbocycles. The lowest BCUT2D eigenvalue weighted by Crippen LogP contribution is -2.19. The summed E-state index contributed by atoms with van der Waals surface area (Å²) in [7, 11) is 0. The number of ketones is 1. The Bertz CT molecular complexity index is 668. The molecule has 0 aromatic carbocycles. The van der Waals surface area contributed by atoms with Crippen molar-refractivity contribution < 1.29 is 14.1 Å². The Labute approximate surface area is 136 Å². The van der Waals surface area contributed by atoms with Gasteiger partial charge in [0.25, 0.3) is 0 Å². The van der Waals surface area contributed by atoms with E-state index in [4.69, 9.17) is 9.26 Å². The number of hydrogen-bond acceptors (Lipinski definition) is 4. The van der Waals surface area contributed by atoms with Gasteiger partial charge < -0.3 is 9.26 Å². The van der Waals surface area contributed by atoms with Crippen molar-refractivity contribution in [3.05, 3.63) is 34.7 Å². The molecule has 122 valence electrons. The van der Waals surface area contributed by atoms with Crippen molar-refractivity contribution in [2.45, 2.75) is 39.5 Å². The van der Waals surface area contributed by atoms with Crippen LogP contribution in [0.4, 0.5) is 0 Å². The zero-order chi connectivity index (χ0) is 16.0. The Kier molecular flexibility index (Phi) is 3.72. The Morgan fingerprint density at radius 1 is 1.26 bits per heavy atom. The maximum atomic E-state index is 12.8. The summed E-state index contributed by atoms with van der Waals surface area (Å²) < 4.78 is 10.7. The van der Waals surface area contributed by atoms with Gasteiger partial charge in [-0.3, -0.25) is 4.79 Å². The highest BCUT2D eigenvalue weighted by atomic mass is 16.5. The van der Waals surface area contributed by atoms with Crippen LogP contribution in [0.3, 0.4) is 0 Å². The Morgan fingerprint density at radius 3 is 2.70 bits per heavy atom. The van der Waals surface area contributed by atoms with Gasteiger partial charge in [-0.2, -0.15) is 0 Å². The summed E-state index contributed by atoms with van der Waals surface area (Å²) in [5, 5.41) is 4.08. The van der Waals surface area contributed by atoms with Crippen LogP contribution < -0.4 is 0 Å². The number of nitrogens with zero attached hydrogens (tertiary/aromatic N) is 1. The lowest BCUT2D eigenvalue weighted by atomic mass is 9.81. The molecule has 2 atom stereocenters. The number of aromatic nitrogens is 1. The number of carbonyl (C=O) groups excluding carboxylic acids is 1. The molecule has 0 bridgehead atoms. The lowest BCUT2D eigenvalue weighted by molar-refractivity contribution is -0.118. The van der Waals surface area contributed by atoms with Gasteiger partial charge in [0, 0.05) is 23.7 Å². The van der Waals surface area contributed by atoms with Gasteiger partial charge in [-0.15, -0.1) is 0 Å². The first-order chi connectivity index (χ1) is 11.1. The standard InChI is InChI=1S/C19H23NO3/c1-11-18(12(2)23-20-11)16-7-15(13-3-4-13)8-17(9-16)19(21)14-5-6-22-10-14/h8-9,13-15H,3-7,10H2,1-2H3. The van der Waals surface area contributed by atoms with Crippen molar-refractivity contribution in [2.24, 2.45) is 17.8 Å². The Morgan fingerprint density at radius 2 is 2.09 bits per heavy atom. The Balaban J connectivity index is 1.68. The van der Waals surface area contributed by atoms with Gasteiger partial charge in [-0.25, -0.2) is 0 Å². The summed E-state index contributed by atoms with van der Waals surface area (Å²) in [5.41, 5.74) is 4.10. The van der Waals surface area contributed by atoms with E-state index in [1.165, 1.54) is 18.4 Å². The van der Waals surface area contributed by atoms with E-state index in [1.807, 2.05) is 13.8 Å². The van der Waals surface area contributed by atoms with E-state index in [0.717, 1.165) is 41.4 Å². The first-order valence-corrected chi connectivity index (χ1v) is 8.61. The fourth-order valence-corrected chi connectivity index (χ4v) is 3.91. The van der Waals surface area contributed by atoms with E-state index in [1.54, 1.807) is 0 Å². The fourth-order valence-electron chi connectivity index (χ4n) is 3.91. The highest BCUT2D eigenvalue weighted by molar-refractivity contribution is 6.02. The topological polar surface area (TPSA) is 52.3 Å². The van der Waals surface area contributed by atoms with E-state index in [2.05, 4.69) is 17.3 Å². The SMILES string of the molecule is Cc1noc(C)c1C1=CC(C(=O)C2CCOC2)=CC(C2CC2)C1. The molecule has 0 radical (unpaired) electrons. The van der Waals surface area contributed by atoms with Crippen LogP contribution in [0, 0.1) is 31.6 Å². The molecule has 0 spiro atoms. The van der Waals surface area contributed by atoms with Gasteiger partial charge in [0.1, 0.15) is 5.76 Å². The van der Waals surface area contributed by atoms with E-state index in [-0.39, 0.29) is 11.7 Å². The number of allylic oxidation sites excluding steroid dienone is 4. The predicted octanol–water partition coefficient (Wildman–Crippen LogP) is 3.64. The summed E-state index contributed by atoms with van der Waals surface area (Å²) >= 11 is 0. The quantitative estimate of drug-likeness (QED) is 0.851. The molecule has 4 rings (SSSR count). The summed E-state index contributed by atoms with van der Waals surface area (Å²) in [6.07, 6.45) is 8.70. The van der Waals surface area contributed by atoms with Crippen LogP contribution in [0.1, 0.15) is 42.7 Å². The highest BCUT2D eigenvalue weighted by Crippen LogP contribution is 2.45. The van der Waals surface area contributed by atoms with Crippen molar-refractivity contribution in [1.82, 2.24) is 5.16 Å². The maximum absolute atomic E-state index is 12.8. The number of Topliss-reactive ketones (excluding diaryl/α,β-unsaturated/α-hetero) is 1. The molecule has 23 heavy (non-hydrogen) atoms. The molecule has 2 fully saturated rings. The van der Waals surface area contributed by atoms with Crippen LogP contribution in [-0.2, 0) is 9.53 Å². The Hall–Kier alpha value is -1.68. The molecule has 1 saturated carbocycles. The van der Waals surface area contributed by atoms with Gasteiger partial charge >= 0.3 is 0 Å². The molecular formula is C19H23NO3. The molecule has 4 nitrogen and oxygen atoms in total. The van der Waals surface area contributed by atoms with Gasteiger partial charge in [0.15, 0.2) is 5.78 Å². The third-order valence-electron chi connectivity index (χ3n) is 5.35. The zero-order valence-corrected chi connectivity index (χ0v) is 13.8. The predicted molar refractivity (Wildman–Crippen MR) is 86.8 cm³/mol. The largest absolute Gasteiger partial charge is 0.381 e. The van der Waals surface area contributed by atoms with Crippen molar-refractivity contribution in [3.8, 4) is 0 Å². The van der Waals surface area contributed by atoms with E-state index in [9.17, 15) is 4.79 Å². The number of aryl methyl sites for hydroxylation is 2. The summed E-state index contributed by atoms with van der Waals surface area (Å²) in [4.78, 5) is 12.8. The molecule has 0 amide bonds. The molecule has 1 aromatic heterocycles. The van der Waals surface area contributed by atoms with Gasteiger partial charge in [-0.05, 0) is 63.0 Å². The molecular weight excluding hydrogens is 290 g/mol. The summed E-state index contributed by atoms with van der Waals surface area (Å²) in [6, 6.07) is 0. The summed E-state index contributed by atoms with van der Waals surface area (Å²) in [6.45, 7) is 5.20. The molecule has 4 heteroatoms. The summed E-state index contributed by atoms with van der Waals surface area (Å²) in [5.74, 6) is 2.34. The second kappa shape index (κ2) is 5.75. The highest BCUT2D eigenvalue weighted by Gasteiger charge is 2.35. The van der Waals surface area contributed by atoms with E-state index < -0.39 is 0 Å². The average Bonchev–Trinajstić information content (AvgIpc) is 3.16. The van der Waals surface area contributed by atoms with Crippen LogP contribution in [0.2, 0.25) is 0 Å². The van der Waals surface area contributed by atoms with Crippen LogP contribution in [0.15, 0.2) is 22.2 Å². The smallest absolute Gasteiger partial charge is 0.168 e. The van der Waals surface area contributed by atoms with Crippen LogP contribution in [0.5, 0.6) is 0 Å². The maximum Gasteiger partial charge on any atom is 0.168 e. The van der Waals surface area contributed by atoms with Crippen LogP contribution in [0.25, 0.3) is 5.57 Å². The third kappa shape index (κ3) is 2.80. The second-order valence-corrected chi connectivity index (χ2v) is 7.12. The zero-order valence-electron chi connectivity index (χ0n) is 13.8. The lowest BCUT2D eigenvalue weighted by Gasteiger charge is -2.22. The molecule has 2 unspecified atom stereocenters. The second-order valence-electron chi connectivity index (χ2n) is 7.12.